The largest absolute Gasteiger partial charge is 0.477 e. The Morgan fingerprint density at radius 3 is 2.00 bits per heavy atom. The first kappa shape index (κ1) is 16.2. The number of anilines is 1. The fourth-order valence-corrected chi connectivity index (χ4v) is 1.50. The molecule has 0 bridgehead atoms. The van der Waals surface area contributed by atoms with Crippen molar-refractivity contribution in [3.8, 4) is 0 Å². The van der Waals surface area contributed by atoms with Crippen LogP contribution in [0.1, 0.15) is 5.56 Å². The molecule has 1 rings (SSSR count). The third-order valence-corrected chi connectivity index (χ3v) is 2.64. The minimum absolute atomic E-state index is 0.671. The van der Waals surface area contributed by atoms with E-state index < -0.39 is 17.5 Å². The quantitative estimate of drug-likeness (QED) is 0.363. The van der Waals surface area contributed by atoms with Crippen molar-refractivity contribution in [2.45, 2.75) is 0 Å². The first-order valence-electron chi connectivity index (χ1n) is 6.21. The van der Waals surface area contributed by atoms with E-state index in [-0.39, 0.29) is 0 Å². The maximum absolute atomic E-state index is 10.6. The molecule has 0 heterocycles. The van der Waals surface area contributed by atoms with Gasteiger partial charge < -0.3 is 15.1 Å². The molecule has 0 fully saturated rings. The Bertz CT molecular complexity index is 579. The minimum Gasteiger partial charge on any atom is -0.477 e. The Labute approximate surface area is 123 Å². The highest BCUT2D eigenvalue weighted by molar-refractivity contribution is 6.12. The zero-order valence-electron chi connectivity index (χ0n) is 11.9. The van der Waals surface area contributed by atoms with Crippen molar-refractivity contribution >= 4 is 23.7 Å². The molecular formula is C16H17NO4. The van der Waals surface area contributed by atoms with Gasteiger partial charge in [0.1, 0.15) is 5.57 Å². The first-order chi connectivity index (χ1) is 9.91. The fourth-order valence-electron chi connectivity index (χ4n) is 1.50. The molecule has 1 aromatic rings. The molecule has 0 spiro atoms. The van der Waals surface area contributed by atoms with Gasteiger partial charge in [0.05, 0.1) is 0 Å². The summed E-state index contributed by atoms with van der Waals surface area (Å²) in [6.07, 6.45) is 7.55. The van der Waals surface area contributed by atoms with Gasteiger partial charge in [-0.05, 0) is 23.8 Å². The number of benzene rings is 1. The Morgan fingerprint density at radius 1 is 0.952 bits per heavy atom. The fraction of sp³-hybridized carbons (Fsp3) is 0.125. The number of aliphatic carboxylic acids is 2. The summed E-state index contributed by atoms with van der Waals surface area (Å²) in [6.45, 7) is 0. The van der Waals surface area contributed by atoms with Crippen LogP contribution in [-0.4, -0.2) is 36.2 Å². The highest BCUT2D eigenvalue weighted by Crippen LogP contribution is 2.13. The highest BCUT2D eigenvalue weighted by Gasteiger charge is 2.13. The van der Waals surface area contributed by atoms with Crippen LogP contribution in [0, 0.1) is 0 Å². The average Bonchev–Trinajstić information content (AvgIpc) is 2.42. The lowest BCUT2D eigenvalue weighted by Crippen LogP contribution is -2.10. The van der Waals surface area contributed by atoms with E-state index in [1.54, 1.807) is 12.2 Å². The monoisotopic (exact) mass is 287 g/mol. The lowest BCUT2D eigenvalue weighted by atomic mass is 10.2. The molecule has 5 nitrogen and oxygen atoms in total. The molecule has 0 amide bonds. The zero-order chi connectivity index (χ0) is 15.8. The molecule has 0 aliphatic heterocycles. The van der Waals surface area contributed by atoms with E-state index in [0.29, 0.717) is 0 Å². The van der Waals surface area contributed by atoms with Crippen molar-refractivity contribution in [2.24, 2.45) is 0 Å². The highest BCUT2D eigenvalue weighted by atomic mass is 16.4. The lowest BCUT2D eigenvalue weighted by molar-refractivity contribution is -0.140. The molecule has 0 saturated heterocycles. The topological polar surface area (TPSA) is 77.8 Å². The van der Waals surface area contributed by atoms with Crippen LogP contribution in [0.2, 0.25) is 0 Å². The number of nitrogens with zero attached hydrogens (tertiary/aromatic N) is 1. The number of carboxylic acids is 2. The third-order valence-electron chi connectivity index (χ3n) is 2.64. The normalized spacial score (nSPS) is 10.8. The Balaban J connectivity index is 2.69. The van der Waals surface area contributed by atoms with Crippen LogP contribution in [0.3, 0.4) is 0 Å². The van der Waals surface area contributed by atoms with Gasteiger partial charge >= 0.3 is 11.9 Å². The maximum atomic E-state index is 10.6. The van der Waals surface area contributed by atoms with Gasteiger partial charge in [0.15, 0.2) is 0 Å². The smallest absolute Gasteiger partial charge is 0.343 e. The van der Waals surface area contributed by atoms with Gasteiger partial charge in [-0.2, -0.15) is 0 Å². The summed E-state index contributed by atoms with van der Waals surface area (Å²) in [5.74, 6) is -2.93. The van der Waals surface area contributed by atoms with Crippen molar-refractivity contribution in [3.63, 3.8) is 0 Å². The van der Waals surface area contributed by atoms with E-state index in [9.17, 15) is 9.59 Å². The zero-order valence-corrected chi connectivity index (χ0v) is 11.9. The van der Waals surface area contributed by atoms with Crippen molar-refractivity contribution in [1.82, 2.24) is 0 Å². The molecule has 2 N–H and O–H groups in total. The second-order valence-electron chi connectivity index (χ2n) is 4.42. The van der Waals surface area contributed by atoms with E-state index in [1.165, 1.54) is 6.08 Å². The molecule has 0 aliphatic rings. The van der Waals surface area contributed by atoms with E-state index >= 15 is 0 Å². The number of rotatable bonds is 6. The number of carbonyl (C=O) groups is 2. The van der Waals surface area contributed by atoms with Gasteiger partial charge in [-0.25, -0.2) is 9.59 Å². The van der Waals surface area contributed by atoms with Crippen molar-refractivity contribution in [3.05, 3.63) is 59.7 Å². The lowest BCUT2D eigenvalue weighted by Gasteiger charge is -2.11. The summed E-state index contributed by atoms with van der Waals surface area (Å²) in [7, 11) is 3.92. The summed E-state index contributed by atoms with van der Waals surface area (Å²) in [4.78, 5) is 23.2. The summed E-state index contributed by atoms with van der Waals surface area (Å²) in [5.41, 5.74) is 1.42. The van der Waals surface area contributed by atoms with Crippen LogP contribution < -0.4 is 4.90 Å². The Kier molecular flexibility index (Phi) is 5.95. The second-order valence-corrected chi connectivity index (χ2v) is 4.42. The SMILES string of the molecule is CN(C)c1ccc(C=CC=CC=C(C(=O)O)C(=O)O)cc1. The minimum atomic E-state index is -1.46. The number of carboxylic acid groups (broad SMARTS) is 2. The molecule has 0 aromatic heterocycles. The molecule has 21 heavy (non-hydrogen) atoms. The molecule has 0 radical (unpaired) electrons. The Hall–Kier alpha value is -2.82. The van der Waals surface area contributed by atoms with E-state index in [2.05, 4.69) is 0 Å². The van der Waals surface area contributed by atoms with Crippen LogP contribution in [0.4, 0.5) is 5.69 Å². The summed E-state index contributed by atoms with van der Waals surface area (Å²) < 4.78 is 0. The summed E-state index contributed by atoms with van der Waals surface area (Å²) in [6, 6.07) is 7.87. The summed E-state index contributed by atoms with van der Waals surface area (Å²) in [5, 5.41) is 17.3. The van der Waals surface area contributed by atoms with Crippen LogP contribution >= 0.6 is 0 Å². The van der Waals surface area contributed by atoms with Crippen LogP contribution in [-0.2, 0) is 9.59 Å². The average molecular weight is 287 g/mol. The molecule has 0 unspecified atom stereocenters. The van der Waals surface area contributed by atoms with Gasteiger partial charge in [0.2, 0.25) is 0 Å². The van der Waals surface area contributed by atoms with Crippen LogP contribution in [0.5, 0.6) is 0 Å². The van der Waals surface area contributed by atoms with Gasteiger partial charge in [0, 0.05) is 19.8 Å². The van der Waals surface area contributed by atoms with Crippen molar-refractivity contribution < 1.29 is 19.8 Å². The Morgan fingerprint density at radius 2 is 1.52 bits per heavy atom. The van der Waals surface area contributed by atoms with Gasteiger partial charge in [0.25, 0.3) is 0 Å². The van der Waals surface area contributed by atoms with E-state index in [4.69, 9.17) is 10.2 Å². The molecular weight excluding hydrogens is 270 g/mol. The van der Waals surface area contributed by atoms with Crippen molar-refractivity contribution in [1.29, 1.82) is 0 Å². The molecule has 110 valence electrons. The molecule has 0 saturated carbocycles. The third kappa shape index (κ3) is 5.36. The first-order valence-corrected chi connectivity index (χ1v) is 6.21. The van der Waals surface area contributed by atoms with Gasteiger partial charge in [-0.15, -0.1) is 0 Å². The van der Waals surface area contributed by atoms with Gasteiger partial charge in [-0.1, -0.05) is 36.4 Å². The van der Waals surface area contributed by atoms with Gasteiger partial charge in [-0.3, -0.25) is 0 Å². The second kappa shape index (κ2) is 7.69. The molecule has 0 aliphatic carbocycles. The number of hydrogen-bond acceptors (Lipinski definition) is 3. The standard InChI is InChI=1S/C16H17NO4/c1-17(2)13-10-8-12(9-11-13)6-4-3-5-7-14(15(18)19)16(20)21/h3-11H,1-2H3,(H,18,19)(H,20,21). The van der Waals surface area contributed by atoms with Crippen LogP contribution in [0.25, 0.3) is 6.08 Å². The molecule has 1 aromatic carbocycles. The van der Waals surface area contributed by atoms with Crippen molar-refractivity contribution in [2.75, 3.05) is 19.0 Å². The molecule has 5 heteroatoms. The number of hydrogen-bond donors (Lipinski definition) is 2. The van der Waals surface area contributed by atoms with E-state index in [0.717, 1.165) is 17.3 Å². The summed E-state index contributed by atoms with van der Waals surface area (Å²) >= 11 is 0. The predicted octanol–water partition coefficient (Wildman–Crippen LogP) is 2.42. The van der Waals surface area contributed by atoms with E-state index in [1.807, 2.05) is 49.3 Å². The maximum Gasteiger partial charge on any atom is 0.343 e. The molecule has 0 atom stereocenters. The predicted molar refractivity (Wildman–Crippen MR) is 82.3 cm³/mol. The number of allylic oxidation sites excluding steroid dienone is 4. The van der Waals surface area contributed by atoms with Crippen LogP contribution in [0.15, 0.2) is 54.1 Å².